The molecule has 0 aliphatic carbocycles. The molecule has 1 aromatic rings. The Kier molecular flexibility index (Phi) is 8.23. The van der Waals surface area contributed by atoms with Gasteiger partial charge in [-0.3, -0.25) is 14.6 Å². The first-order valence-electron chi connectivity index (χ1n) is 8.21. The van der Waals surface area contributed by atoms with Crippen molar-refractivity contribution in [1.82, 2.24) is 0 Å². The number of carbonyl (C=O) groups is 2. The summed E-state index contributed by atoms with van der Waals surface area (Å²) in [6.45, 7) is 5.97. The van der Waals surface area contributed by atoms with E-state index >= 15 is 0 Å². The molecule has 0 aromatic heterocycles. The first kappa shape index (κ1) is 19.1. The van der Waals surface area contributed by atoms with Crippen molar-refractivity contribution in [2.24, 2.45) is 4.99 Å². The number of Topliss-reactive ketones (excluding diaryl/α,β-unsaturated/α-hetero) is 1. The first-order valence-corrected chi connectivity index (χ1v) is 8.21. The molecule has 4 nitrogen and oxygen atoms in total. The largest absolute Gasteiger partial charge is 0.468 e. The lowest BCUT2D eigenvalue weighted by Gasteiger charge is -2.09. The van der Waals surface area contributed by atoms with Gasteiger partial charge >= 0.3 is 5.97 Å². The molecule has 1 aromatic carbocycles. The van der Waals surface area contributed by atoms with Crippen LogP contribution in [0, 0.1) is 13.8 Å². The maximum absolute atomic E-state index is 12.8. The normalized spacial score (nSPS) is 11.4. The fraction of sp³-hybridized carbons (Fsp3) is 0.526. The highest BCUT2D eigenvalue weighted by Crippen LogP contribution is 2.14. The van der Waals surface area contributed by atoms with Crippen molar-refractivity contribution in [3.63, 3.8) is 0 Å². The number of hydrogen-bond donors (Lipinski definition) is 0. The van der Waals surface area contributed by atoms with Crippen molar-refractivity contribution in [3.05, 3.63) is 34.9 Å². The minimum atomic E-state index is -0.426. The standard InChI is InChI=1S/C19H27NO3/c1-5-6-7-8-9-17(20-13-18(21)23-4)19(22)16-11-10-14(2)12-15(16)3/h10-12H,5-9,13H2,1-4H3/b20-17+. The number of hydrogen-bond acceptors (Lipinski definition) is 4. The molecule has 126 valence electrons. The van der Waals surface area contributed by atoms with Crippen molar-refractivity contribution in [1.29, 1.82) is 0 Å². The minimum Gasteiger partial charge on any atom is -0.468 e. The quantitative estimate of drug-likeness (QED) is 0.298. The molecule has 23 heavy (non-hydrogen) atoms. The van der Waals surface area contributed by atoms with Crippen LogP contribution in [0.2, 0.25) is 0 Å². The van der Waals surface area contributed by atoms with Crippen molar-refractivity contribution in [2.75, 3.05) is 13.7 Å². The van der Waals surface area contributed by atoms with E-state index in [4.69, 9.17) is 0 Å². The summed E-state index contributed by atoms with van der Waals surface area (Å²) in [6, 6.07) is 5.75. The number of unbranched alkanes of at least 4 members (excludes halogenated alkanes) is 3. The van der Waals surface area contributed by atoms with Crippen molar-refractivity contribution in [3.8, 4) is 0 Å². The van der Waals surface area contributed by atoms with Crippen molar-refractivity contribution < 1.29 is 14.3 Å². The second-order valence-electron chi connectivity index (χ2n) is 5.80. The maximum atomic E-state index is 12.8. The number of nitrogens with zero attached hydrogens (tertiary/aromatic N) is 1. The Balaban J connectivity index is 2.92. The average Bonchev–Trinajstić information content (AvgIpc) is 2.53. The molecule has 4 heteroatoms. The van der Waals surface area contributed by atoms with Gasteiger partial charge in [-0.25, -0.2) is 0 Å². The van der Waals surface area contributed by atoms with Gasteiger partial charge in [-0.1, -0.05) is 49.9 Å². The van der Waals surface area contributed by atoms with Crippen LogP contribution in [0.25, 0.3) is 0 Å². The van der Waals surface area contributed by atoms with Gasteiger partial charge in [0.05, 0.1) is 12.8 Å². The van der Waals surface area contributed by atoms with Gasteiger partial charge < -0.3 is 4.74 Å². The maximum Gasteiger partial charge on any atom is 0.327 e. The third-order valence-corrected chi connectivity index (χ3v) is 3.78. The van der Waals surface area contributed by atoms with Crippen LogP contribution in [0.1, 0.15) is 60.5 Å². The number of aryl methyl sites for hydroxylation is 2. The SMILES string of the molecule is CCCCCC/C(=N\CC(=O)OC)C(=O)c1ccc(C)cc1C. The van der Waals surface area contributed by atoms with Crippen LogP contribution in [0.15, 0.2) is 23.2 Å². The Bertz CT molecular complexity index is 576. The second-order valence-corrected chi connectivity index (χ2v) is 5.80. The molecule has 0 fully saturated rings. The Morgan fingerprint density at radius 3 is 2.48 bits per heavy atom. The van der Waals surface area contributed by atoms with E-state index in [-0.39, 0.29) is 12.3 Å². The van der Waals surface area contributed by atoms with Gasteiger partial charge in [0.1, 0.15) is 6.54 Å². The molecule has 0 spiro atoms. The van der Waals surface area contributed by atoms with E-state index in [0.29, 0.717) is 17.7 Å². The average molecular weight is 317 g/mol. The lowest BCUT2D eigenvalue weighted by molar-refractivity contribution is -0.138. The molecule has 0 amide bonds. The number of esters is 1. The lowest BCUT2D eigenvalue weighted by atomic mass is 9.97. The molecular weight excluding hydrogens is 290 g/mol. The monoisotopic (exact) mass is 317 g/mol. The predicted molar refractivity (Wildman–Crippen MR) is 93.3 cm³/mol. The molecule has 1 rings (SSSR count). The van der Waals surface area contributed by atoms with Gasteiger partial charge in [0.15, 0.2) is 0 Å². The number of aliphatic imine (C=N–C) groups is 1. The lowest BCUT2D eigenvalue weighted by Crippen LogP contribution is -2.18. The molecule has 0 heterocycles. The molecule has 0 saturated heterocycles. The van der Waals surface area contributed by atoms with Crippen molar-refractivity contribution in [2.45, 2.75) is 52.9 Å². The molecule has 0 saturated carbocycles. The van der Waals surface area contributed by atoms with Gasteiger partial charge in [0, 0.05) is 5.56 Å². The van der Waals surface area contributed by atoms with E-state index in [0.717, 1.165) is 36.8 Å². The predicted octanol–water partition coefficient (Wildman–Crippen LogP) is 4.07. The number of ether oxygens (including phenoxy) is 1. The van der Waals surface area contributed by atoms with Gasteiger partial charge in [0.2, 0.25) is 5.78 Å². The summed E-state index contributed by atoms with van der Waals surface area (Å²) in [7, 11) is 1.32. The van der Waals surface area contributed by atoms with Gasteiger partial charge in [-0.15, -0.1) is 0 Å². The number of methoxy groups -OCH3 is 1. The van der Waals surface area contributed by atoms with Gasteiger partial charge in [0.25, 0.3) is 0 Å². The highest BCUT2D eigenvalue weighted by Gasteiger charge is 2.16. The summed E-state index contributed by atoms with van der Waals surface area (Å²) in [4.78, 5) is 28.3. The van der Waals surface area contributed by atoms with Crippen LogP contribution in [0.5, 0.6) is 0 Å². The molecule has 0 radical (unpaired) electrons. The van der Waals surface area contributed by atoms with E-state index in [1.165, 1.54) is 7.11 Å². The molecular formula is C19H27NO3. The summed E-state index contributed by atoms with van der Waals surface area (Å²) in [5.41, 5.74) is 3.19. The zero-order valence-electron chi connectivity index (χ0n) is 14.6. The van der Waals surface area contributed by atoms with E-state index < -0.39 is 5.97 Å². The molecule has 0 atom stereocenters. The van der Waals surface area contributed by atoms with E-state index in [9.17, 15) is 9.59 Å². The number of rotatable bonds is 9. The molecule has 0 aliphatic rings. The van der Waals surface area contributed by atoms with Crippen LogP contribution in [0.3, 0.4) is 0 Å². The Labute approximate surface area is 139 Å². The topological polar surface area (TPSA) is 55.7 Å². The van der Waals surface area contributed by atoms with E-state index in [2.05, 4.69) is 16.7 Å². The molecule has 0 aliphatic heterocycles. The molecule has 0 bridgehead atoms. The molecule has 0 unspecified atom stereocenters. The Hall–Kier alpha value is -1.97. The second kappa shape index (κ2) is 9.93. The summed E-state index contributed by atoms with van der Waals surface area (Å²) in [5.74, 6) is -0.507. The smallest absolute Gasteiger partial charge is 0.327 e. The third-order valence-electron chi connectivity index (χ3n) is 3.78. The van der Waals surface area contributed by atoms with E-state index in [1.54, 1.807) is 0 Å². The number of benzene rings is 1. The fourth-order valence-electron chi connectivity index (χ4n) is 2.43. The first-order chi connectivity index (χ1) is 11.0. The summed E-state index contributed by atoms with van der Waals surface area (Å²) < 4.78 is 4.61. The van der Waals surface area contributed by atoms with Gasteiger partial charge in [-0.05, 0) is 32.3 Å². The minimum absolute atomic E-state index is 0.0806. The Morgan fingerprint density at radius 2 is 1.87 bits per heavy atom. The third kappa shape index (κ3) is 6.35. The summed E-state index contributed by atoms with van der Waals surface area (Å²) >= 11 is 0. The van der Waals surface area contributed by atoms with Crippen LogP contribution in [0.4, 0.5) is 0 Å². The number of ketones is 1. The number of carbonyl (C=O) groups excluding carboxylic acids is 2. The highest BCUT2D eigenvalue weighted by atomic mass is 16.5. The molecule has 0 N–H and O–H groups in total. The van der Waals surface area contributed by atoms with Crippen LogP contribution >= 0.6 is 0 Å². The van der Waals surface area contributed by atoms with Crippen molar-refractivity contribution >= 4 is 17.5 Å². The van der Waals surface area contributed by atoms with Crippen LogP contribution < -0.4 is 0 Å². The summed E-state index contributed by atoms with van der Waals surface area (Å²) in [5, 5.41) is 0. The van der Waals surface area contributed by atoms with E-state index in [1.807, 2.05) is 32.0 Å². The zero-order valence-corrected chi connectivity index (χ0v) is 14.6. The Morgan fingerprint density at radius 1 is 1.13 bits per heavy atom. The zero-order chi connectivity index (χ0) is 17.2. The fourth-order valence-corrected chi connectivity index (χ4v) is 2.43. The van der Waals surface area contributed by atoms with Crippen LogP contribution in [-0.2, 0) is 9.53 Å². The van der Waals surface area contributed by atoms with Gasteiger partial charge in [-0.2, -0.15) is 0 Å². The highest BCUT2D eigenvalue weighted by molar-refractivity contribution is 6.46. The summed E-state index contributed by atoms with van der Waals surface area (Å²) in [6.07, 6.45) is 4.85. The van der Waals surface area contributed by atoms with Crippen LogP contribution in [-0.4, -0.2) is 31.1 Å².